The van der Waals surface area contributed by atoms with Gasteiger partial charge in [-0.3, -0.25) is 4.79 Å². The maximum absolute atomic E-state index is 10.4. The van der Waals surface area contributed by atoms with Crippen LogP contribution in [0.2, 0.25) is 0 Å². The van der Waals surface area contributed by atoms with Crippen LogP contribution in [0.25, 0.3) is 0 Å². The lowest BCUT2D eigenvalue weighted by molar-refractivity contribution is 0.112. The van der Waals surface area contributed by atoms with Crippen molar-refractivity contribution in [3.63, 3.8) is 0 Å². The summed E-state index contributed by atoms with van der Waals surface area (Å²) in [5, 5.41) is 0. The van der Waals surface area contributed by atoms with Crippen LogP contribution in [0.1, 0.15) is 15.9 Å². The second kappa shape index (κ2) is 4.57. The lowest BCUT2D eigenvalue weighted by Gasteiger charge is -2.15. The van der Waals surface area contributed by atoms with E-state index >= 15 is 0 Å². The van der Waals surface area contributed by atoms with Gasteiger partial charge in [0.25, 0.3) is 0 Å². The Morgan fingerprint density at radius 1 is 1.44 bits per heavy atom. The molecule has 0 unspecified atom stereocenters. The summed E-state index contributed by atoms with van der Waals surface area (Å²) in [6, 6.07) is 1.89. The van der Waals surface area contributed by atoms with Crippen molar-refractivity contribution in [2.75, 3.05) is 11.9 Å². The molecule has 0 radical (unpaired) electrons. The highest BCUT2D eigenvalue weighted by Gasteiger charge is 2.05. The predicted octanol–water partition coefficient (Wildman–Crippen LogP) is 1.52. The molecule has 0 amide bonds. The summed E-state index contributed by atoms with van der Waals surface area (Å²) in [5.74, 6) is 0.576. The first-order valence-electron chi connectivity index (χ1n) is 4.79. The molecule has 0 atom stereocenters. The van der Waals surface area contributed by atoms with Crippen LogP contribution in [-0.4, -0.2) is 23.3 Å². The molecule has 16 heavy (non-hydrogen) atoms. The number of hydrogen-bond acceptors (Lipinski definition) is 5. The number of hydrogen-bond donors (Lipinski definition) is 0. The minimum absolute atomic E-state index is 0.473. The summed E-state index contributed by atoms with van der Waals surface area (Å²) in [6.07, 6.45) is 7.03. The van der Waals surface area contributed by atoms with Crippen molar-refractivity contribution in [2.45, 2.75) is 6.54 Å². The SMILES string of the molecule is CN(Cc1ccoc1)c1ncc(C=O)cn1. The molecular formula is C11H11N3O2. The fourth-order valence-electron chi connectivity index (χ4n) is 1.32. The molecule has 0 aromatic carbocycles. The van der Waals surface area contributed by atoms with E-state index in [1.54, 1.807) is 12.5 Å². The van der Waals surface area contributed by atoms with Gasteiger partial charge in [0.1, 0.15) is 0 Å². The molecule has 0 saturated carbocycles. The van der Waals surface area contributed by atoms with Crippen molar-refractivity contribution >= 4 is 12.2 Å². The second-order valence-corrected chi connectivity index (χ2v) is 3.42. The molecule has 2 rings (SSSR count). The van der Waals surface area contributed by atoms with Gasteiger partial charge in [0.15, 0.2) is 6.29 Å². The van der Waals surface area contributed by atoms with Crippen LogP contribution in [0.15, 0.2) is 35.4 Å². The van der Waals surface area contributed by atoms with Crippen LogP contribution in [-0.2, 0) is 6.54 Å². The maximum Gasteiger partial charge on any atom is 0.225 e. The standard InChI is InChI=1S/C11H11N3O2/c1-14(6-9-2-3-16-8-9)11-12-4-10(7-15)5-13-11/h2-5,7-8H,6H2,1H3. The minimum atomic E-state index is 0.473. The van der Waals surface area contributed by atoms with E-state index in [2.05, 4.69) is 9.97 Å². The highest BCUT2D eigenvalue weighted by atomic mass is 16.3. The van der Waals surface area contributed by atoms with Gasteiger partial charge in [0.05, 0.1) is 18.1 Å². The van der Waals surface area contributed by atoms with Gasteiger partial charge in [-0.15, -0.1) is 0 Å². The van der Waals surface area contributed by atoms with Gasteiger partial charge < -0.3 is 9.32 Å². The lowest BCUT2D eigenvalue weighted by atomic mass is 10.3. The van der Waals surface area contributed by atoms with Gasteiger partial charge in [-0.25, -0.2) is 9.97 Å². The van der Waals surface area contributed by atoms with Crippen LogP contribution in [0.3, 0.4) is 0 Å². The van der Waals surface area contributed by atoms with E-state index in [0.29, 0.717) is 18.1 Å². The molecule has 0 fully saturated rings. The zero-order valence-corrected chi connectivity index (χ0v) is 8.83. The highest BCUT2D eigenvalue weighted by Crippen LogP contribution is 2.09. The smallest absolute Gasteiger partial charge is 0.225 e. The highest BCUT2D eigenvalue weighted by molar-refractivity contribution is 5.73. The number of aromatic nitrogens is 2. The van der Waals surface area contributed by atoms with Crippen molar-refractivity contribution < 1.29 is 9.21 Å². The molecule has 0 aliphatic carbocycles. The van der Waals surface area contributed by atoms with Gasteiger partial charge in [-0.1, -0.05) is 0 Å². The summed E-state index contributed by atoms with van der Waals surface area (Å²) in [5.41, 5.74) is 1.52. The first-order chi connectivity index (χ1) is 7.79. The third-order valence-corrected chi connectivity index (χ3v) is 2.14. The molecule has 0 aliphatic rings. The van der Waals surface area contributed by atoms with Crippen molar-refractivity contribution in [1.29, 1.82) is 0 Å². The van der Waals surface area contributed by atoms with Crippen molar-refractivity contribution in [3.8, 4) is 0 Å². The Bertz CT molecular complexity index is 451. The van der Waals surface area contributed by atoms with Crippen LogP contribution >= 0.6 is 0 Å². The number of rotatable bonds is 4. The number of carbonyl (C=O) groups excluding carboxylic acids is 1. The Balaban J connectivity index is 2.08. The topological polar surface area (TPSA) is 59.2 Å². The first-order valence-corrected chi connectivity index (χ1v) is 4.79. The van der Waals surface area contributed by atoms with Crippen molar-refractivity contribution in [1.82, 2.24) is 9.97 Å². The van der Waals surface area contributed by atoms with Gasteiger partial charge >= 0.3 is 0 Å². The zero-order chi connectivity index (χ0) is 11.4. The molecule has 5 heteroatoms. The third kappa shape index (κ3) is 2.25. The summed E-state index contributed by atoms with van der Waals surface area (Å²) < 4.78 is 4.97. The van der Waals surface area contributed by atoms with E-state index in [4.69, 9.17) is 4.42 Å². The second-order valence-electron chi connectivity index (χ2n) is 3.42. The van der Waals surface area contributed by atoms with Gasteiger partial charge in [0, 0.05) is 31.5 Å². The van der Waals surface area contributed by atoms with Crippen LogP contribution in [0.4, 0.5) is 5.95 Å². The van der Waals surface area contributed by atoms with E-state index in [1.807, 2.05) is 18.0 Å². The quantitative estimate of drug-likeness (QED) is 0.726. The Morgan fingerprint density at radius 2 is 2.19 bits per heavy atom. The van der Waals surface area contributed by atoms with E-state index in [9.17, 15) is 4.79 Å². The average molecular weight is 217 g/mol. The van der Waals surface area contributed by atoms with Crippen LogP contribution in [0.5, 0.6) is 0 Å². The molecule has 5 nitrogen and oxygen atoms in total. The lowest BCUT2D eigenvalue weighted by Crippen LogP contribution is -2.18. The molecule has 0 bridgehead atoms. The summed E-state index contributed by atoms with van der Waals surface area (Å²) in [4.78, 5) is 20.5. The predicted molar refractivity (Wildman–Crippen MR) is 58.2 cm³/mol. The van der Waals surface area contributed by atoms with Crippen molar-refractivity contribution in [2.24, 2.45) is 0 Å². The Morgan fingerprint density at radius 3 is 2.75 bits per heavy atom. The molecule has 0 spiro atoms. The fourth-order valence-corrected chi connectivity index (χ4v) is 1.32. The molecule has 2 heterocycles. The third-order valence-electron chi connectivity index (χ3n) is 2.14. The molecule has 82 valence electrons. The van der Waals surface area contributed by atoms with Crippen LogP contribution in [0, 0.1) is 0 Å². The Labute approximate surface area is 92.7 Å². The van der Waals surface area contributed by atoms with E-state index in [1.165, 1.54) is 12.4 Å². The summed E-state index contributed by atoms with van der Waals surface area (Å²) in [7, 11) is 1.88. The summed E-state index contributed by atoms with van der Waals surface area (Å²) in [6.45, 7) is 0.664. The number of carbonyl (C=O) groups is 1. The van der Waals surface area contributed by atoms with E-state index in [-0.39, 0.29) is 0 Å². The van der Waals surface area contributed by atoms with Crippen molar-refractivity contribution in [3.05, 3.63) is 42.1 Å². The molecule has 0 N–H and O–H groups in total. The molecule has 2 aromatic rings. The number of anilines is 1. The molecular weight excluding hydrogens is 206 g/mol. The largest absolute Gasteiger partial charge is 0.472 e. The Kier molecular flexibility index (Phi) is 2.95. The molecule has 0 aliphatic heterocycles. The zero-order valence-electron chi connectivity index (χ0n) is 8.83. The van der Waals surface area contributed by atoms with E-state index < -0.39 is 0 Å². The first kappa shape index (κ1) is 10.4. The Hall–Kier alpha value is -2.17. The maximum atomic E-state index is 10.4. The van der Waals surface area contributed by atoms with Gasteiger partial charge in [-0.05, 0) is 6.07 Å². The number of furan rings is 1. The molecule has 2 aromatic heterocycles. The fraction of sp³-hybridized carbons (Fsp3) is 0.182. The van der Waals surface area contributed by atoms with E-state index in [0.717, 1.165) is 11.8 Å². The normalized spacial score (nSPS) is 10.1. The van der Waals surface area contributed by atoms with Crippen LogP contribution < -0.4 is 4.90 Å². The number of nitrogens with zero attached hydrogens (tertiary/aromatic N) is 3. The molecule has 0 saturated heterocycles. The minimum Gasteiger partial charge on any atom is -0.472 e. The van der Waals surface area contributed by atoms with Gasteiger partial charge in [0.2, 0.25) is 5.95 Å². The monoisotopic (exact) mass is 217 g/mol. The van der Waals surface area contributed by atoms with Gasteiger partial charge in [-0.2, -0.15) is 0 Å². The summed E-state index contributed by atoms with van der Waals surface area (Å²) >= 11 is 0. The number of aldehydes is 1. The average Bonchev–Trinajstić information content (AvgIpc) is 2.82.